The lowest BCUT2D eigenvalue weighted by Crippen LogP contribution is -2.51. The molecule has 0 aromatic heterocycles. The third kappa shape index (κ3) is 3.58. The Morgan fingerprint density at radius 2 is 1.85 bits per heavy atom. The van der Waals surface area contributed by atoms with Gasteiger partial charge in [0.2, 0.25) is 0 Å². The molecule has 27 heavy (non-hydrogen) atoms. The van der Waals surface area contributed by atoms with Gasteiger partial charge in [0.25, 0.3) is 5.91 Å². The van der Waals surface area contributed by atoms with Gasteiger partial charge < -0.3 is 16.0 Å². The van der Waals surface area contributed by atoms with E-state index < -0.39 is 0 Å². The van der Waals surface area contributed by atoms with Gasteiger partial charge in [-0.25, -0.2) is 0 Å². The molecule has 1 aliphatic heterocycles. The number of nitrogens with one attached hydrogen (secondary N) is 3. The Kier molecular flexibility index (Phi) is 4.60. The standard InChI is InChI=1S/C22H30ClN3O/c23-20-8-17(26-18-3-4-24-12-18)1-2-19(20)21(27)25-13-22-9-14-5-15(10-22)7-16(6-14)11-22/h1-2,8,14-16,18,24,26H,3-7,9-13H2,(H,25,27). The van der Waals surface area contributed by atoms with Crippen LogP contribution in [0.15, 0.2) is 18.2 Å². The zero-order chi connectivity index (χ0) is 18.4. The Bertz CT molecular complexity index is 693. The summed E-state index contributed by atoms with van der Waals surface area (Å²) in [5.41, 5.74) is 1.94. The molecule has 1 saturated heterocycles. The minimum absolute atomic E-state index is 0.0233. The summed E-state index contributed by atoms with van der Waals surface area (Å²) in [7, 11) is 0. The topological polar surface area (TPSA) is 53.2 Å². The first kappa shape index (κ1) is 17.8. The molecule has 1 aromatic rings. The van der Waals surface area contributed by atoms with Crippen LogP contribution in [0.1, 0.15) is 55.3 Å². The lowest BCUT2D eigenvalue weighted by Gasteiger charge is -2.56. The van der Waals surface area contributed by atoms with Crippen LogP contribution in [-0.4, -0.2) is 31.6 Å². The number of carbonyl (C=O) groups is 1. The molecule has 1 atom stereocenters. The molecule has 5 heteroatoms. The molecule has 5 fully saturated rings. The Morgan fingerprint density at radius 3 is 2.44 bits per heavy atom. The van der Waals surface area contributed by atoms with Crippen LogP contribution < -0.4 is 16.0 Å². The Morgan fingerprint density at radius 1 is 1.15 bits per heavy atom. The molecule has 4 bridgehead atoms. The van der Waals surface area contributed by atoms with Crippen LogP contribution in [-0.2, 0) is 0 Å². The zero-order valence-corrected chi connectivity index (χ0v) is 16.7. The molecule has 4 saturated carbocycles. The lowest BCUT2D eigenvalue weighted by atomic mass is 9.49. The van der Waals surface area contributed by atoms with Crippen LogP contribution in [0.5, 0.6) is 0 Å². The molecule has 4 aliphatic carbocycles. The predicted molar refractivity (Wildman–Crippen MR) is 109 cm³/mol. The Labute approximate surface area is 166 Å². The molecule has 1 unspecified atom stereocenters. The summed E-state index contributed by atoms with van der Waals surface area (Å²) < 4.78 is 0. The van der Waals surface area contributed by atoms with Crippen LogP contribution >= 0.6 is 11.6 Å². The third-order valence-corrected chi connectivity index (χ3v) is 7.75. The maximum absolute atomic E-state index is 12.8. The average Bonchev–Trinajstić information content (AvgIpc) is 3.12. The first-order chi connectivity index (χ1) is 13.1. The molecule has 1 heterocycles. The second-order valence-corrected chi connectivity index (χ2v) is 10.0. The highest BCUT2D eigenvalue weighted by Crippen LogP contribution is 2.59. The van der Waals surface area contributed by atoms with Crippen molar-refractivity contribution >= 4 is 23.2 Å². The highest BCUT2D eigenvalue weighted by Gasteiger charge is 2.50. The molecule has 0 radical (unpaired) electrons. The highest BCUT2D eigenvalue weighted by molar-refractivity contribution is 6.34. The van der Waals surface area contributed by atoms with Crippen molar-refractivity contribution in [2.45, 2.75) is 51.0 Å². The maximum Gasteiger partial charge on any atom is 0.252 e. The molecule has 0 spiro atoms. The number of anilines is 1. The number of hydrogen-bond donors (Lipinski definition) is 3. The number of amides is 1. The highest BCUT2D eigenvalue weighted by atomic mass is 35.5. The van der Waals surface area contributed by atoms with E-state index in [-0.39, 0.29) is 5.91 Å². The summed E-state index contributed by atoms with van der Waals surface area (Å²) >= 11 is 6.45. The molecule has 6 rings (SSSR count). The number of rotatable bonds is 5. The molecular formula is C22H30ClN3O. The quantitative estimate of drug-likeness (QED) is 0.714. The van der Waals surface area contributed by atoms with Crippen molar-refractivity contribution in [1.82, 2.24) is 10.6 Å². The van der Waals surface area contributed by atoms with Crippen LogP contribution in [0.4, 0.5) is 5.69 Å². The normalized spacial score (nSPS) is 36.8. The van der Waals surface area contributed by atoms with Crippen LogP contribution in [0.3, 0.4) is 0 Å². The van der Waals surface area contributed by atoms with Gasteiger partial charge in [-0.05, 0) is 92.9 Å². The molecule has 146 valence electrons. The van der Waals surface area contributed by atoms with Gasteiger partial charge in [0.05, 0.1) is 10.6 Å². The first-order valence-corrected chi connectivity index (χ1v) is 11.0. The van der Waals surface area contributed by atoms with E-state index in [1.165, 1.54) is 38.5 Å². The van der Waals surface area contributed by atoms with Gasteiger partial charge in [0.15, 0.2) is 0 Å². The van der Waals surface area contributed by atoms with E-state index in [9.17, 15) is 4.79 Å². The van der Waals surface area contributed by atoms with Gasteiger partial charge in [-0.3, -0.25) is 4.79 Å². The summed E-state index contributed by atoms with van der Waals surface area (Å²) in [6.45, 7) is 2.85. The lowest BCUT2D eigenvalue weighted by molar-refractivity contribution is -0.0503. The number of benzene rings is 1. The minimum atomic E-state index is -0.0233. The molecule has 1 amide bonds. The molecule has 3 N–H and O–H groups in total. The molecule has 4 nitrogen and oxygen atoms in total. The van der Waals surface area contributed by atoms with Crippen molar-refractivity contribution in [3.63, 3.8) is 0 Å². The first-order valence-electron chi connectivity index (χ1n) is 10.6. The van der Waals surface area contributed by atoms with Gasteiger partial charge >= 0.3 is 0 Å². The minimum Gasteiger partial charge on any atom is -0.381 e. The SMILES string of the molecule is O=C(NCC12CC3CC(CC(C3)C1)C2)c1ccc(NC2CCNC2)cc1Cl. The van der Waals surface area contributed by atoms with Gasteiger partial charge in [-0.1, -0.05) is 11.6 Å². The van der Waals surface area contributed by atoms with Crippen molar-refractivity contribution < 1.29 is 4.79 Å². The van der Waals surface area contributed by atoms with E-state index in [4.69, 9.17) is 11.6 Å². The van der Waals surface area contributed by atoms with E-state index in [0.717, 1.165) is 49.5 Å². The summed E-state index contributed by atoms with van der Waals surface area (Å²) in [6.07, 6.45) is 9.35. The van der Waals surface area contributed by atoms with E-state index in [1.807, 2.05) is 18.2 Å². The second-order valence-electron chi connectivity index (χ2n) is 9.63. The van der Waals surface area contributed by atoms with Crippen LogP contribution in [0.2, 0.25) is 5.02 Å². The van der Waals surface area contributed by atoms with Gasteiger partial charge in [-0.2, -0.15) is 0 Å². The Hall–Kier alpha value is -1.26. The number of hydrogen-bond acceptors (Lipinski definition) is 3. The molecule has 5 aliphatic rings. The van der Waals surface area contributed by atoms with Crippen molar-refractivity contribution in [1.29, 1.82) is 0 Å². The third-order valence-electron chi connectivity index (χ3n) is 7.43. The summed E-state index contributed by atoms with van der Waals surface area (Å²) in [4.78, 5) is 12.8. The van der Waals surface area contributed by atoms with Crippen molar-refractivity contribution in [2.75, 3.05) is 25.0 Å². The van der Waals surface area contributed by atoms with Gasteiger partial charge in [0.1, 0.15) is 0 Å². The van der Waals surface area contributed by atoms with E-state index >= 15 is 0 Å². The predicted octanol–water partition coefficient (Wildman–Crippen LogP) is 4.06. The monoisotopic (exact) mass is 387 g/mol. The number of carbonyl (C=O) groups excluding carboxylic acids is 1. The summed E-state index contributed by atoms with van der Waals surface area (Å²) in [5, 5.41) is 10.6. The van der Waals surface area contributed by atoms with E-state index in [2.05, 4.69) is 16.0 Å². The van der Waals surface area contributed by atoms with E-state index in [1.54, 1.807) is 0 Å². The van der Waals surface area contributed by atoms with Gasteiger partial charge in [0, 0.05) is 24.8 Å². The second kappa shape index (κ2) is 6.97. The fourth-order valence-electron chi connectivity index (χ4n) is 6.67. The summed E-state index contributed by atoms with van der Waals surface area (Å²) in [6, 6.07) is 6.17. The van der Waals surface area contributed by atoms with Crippen LogP contribution in [0.25, 0.3) is 0 Å². The Balaban J connectivity index is 1.22. The van der Waals surface area contributed by atoms with Crippen molar-refractivity contribution in [2.24, 2.45) is 23.2 Å². The largest absolute Gasteiger partial charge is 0.381 e. The van der Waals surface area contributed by atoms with Crippen LogP contribution in [0, 0.1) is 23.2 Å². The smallest absolute Gasteiger partial charge is 0.252 e. The molecular weight excluding hydrogens is 358 g/mol. The summed E-state index contributed by atoms with van der Waals surface area (Å²) in [5.74, 6) is 2.70. The van der Waals surface area contributed by atoms with Gasteiger partial charge in [-0.15, -0.1) is 0 Å². The van der Waals surface area contributed by atoms with E-state index in [0.29, 0.717) is 22.0 Å². The fraction of sp³-hybridized carbons (Fsp3) is 0.682. The maximum atomic E-state index is 12.8. The average molecular weight is 388 g/mol. The fourth-order valence-corrected chi connectivity index (χ4v) is 6.94. The van der Waals surface area contributed by atoms with Crippen molar-refractivity contribution in [3.8, 4) is 0 Å². The van der Waals surface area contributed by atoms with Crippen molar-refractivity contribution in [3.05, 3.63) is 28.8 Å². The zero-order valence-electron chi connectivity index (χ0n) is 15.9. The number of halogens is 1. The molecule has 1 aromatic carbocycles.